The van der Waals surface area contributed by atoms with E-state index in [0.717, 1.165) is 12.8 Å². The van der Waals surface area contributed by atoms with Crippen molar-refractivity contribution in [3.63, 3.8) is 0 Å². The van der Waals surface area contributed by atoms with Gasteiger partial charge in [0.2, 0.25) is 6.29 Å². The van der Waals surface area contributed by atoms with E-state index in [1.54, 1.807) is 6.08 Å². The molecule has 1 heteroatoms. The number of unbranched alkanes of at least 4 members (excludes halogenated alkanes) is 4. The van der Waals surface area contributed by atoms with Crippen LogP contribution >= 0.6 is 0 Å². The van der Waals surface area contributed by atoms with Crippen LogP contribution in [0.1, 0.15) is 58.8 Å². The molecular formula is C12H21O. The maximum Gasteiger partial charge on any atom is 0.225 e. The summed E-state index contributed by atoms with van der Waals surface area (Å²) in [6.45, 7) is 4.31. The van der Waals surface area contributed by atoms with Gasteiger partial charge in [-0.2, -0.15) is 0 Å². The molecule has 0 N–H and O–H groups in total. The standard InChI is InChI=1S/C12H21O/c1-3-5-6-7-8-9-12(4-2)10-11-13/h10H,3-9H2,1-2H3. The second kappa shape index (κ2) is 9.50. The minimum atomic E-state index is 0.989. The van der Waals surface area contributed by atoms with Crippen molar-refractivity contribution < 1.29 is 4.79 Å². The Balaban J connectivity index is 3.38. The van der Waals surface area contributed by atoms with Crippen LogP contribution < -0.4 is 0 Å². The molecule has 0 fully saturated rings. The summed E-state index contributed by atoms with van der Waals surface area (Å²) in [4.78, 5) is 10.1. The lowest BCUT2D eigenvalue weighted by molar-refractivity contribution is 0.563. The van der Waals surface area contributed by atoms with Crippen molar-refractivity contribution in [2.75, 3.05) is 0 Å². The van der Waals surface area contributed by atoms with Crippen LogP contribution in [0, 0.1) is 0 Å². The van der Waals surface area contributed by atoms with Crippen LogP contribution in [-0.2, 0) is 4.79 Å². The predicted octanol–water partition coefficient (Wildman–Crippen LogP) is 3.79. The minimum absolute atomic E-state index is 0.989. The zero-order valence-corrected chi connectivity index (χ0v) is 8.94. The highest BCUT2D eigenvalue weighted by Gasteiger charge is 1.94. The van der Waals surface area contributed by atoms with Crippen LogP contribution in [0.4, 0.5) is 0 Å². The van der Waals surface area contributed by atoms with Crippen molar-refractivity contribution >= 4 is 6.29 Å². The summed E-state index contributed by atoms with van der Waals surface area (Å²) in [5, 5.41) is 0. The molecular weight excluding hydrogens is 160 g/mol. The Morgan fingerprint density at radius 2 is 1.85 bits per heavy atom. The van der Waals surface area contributed by atoms with Crippen LogP contribution in [0.25, 0.3) is 0 Å². The van der Waals surface area contributed by atoms with Crippen LogP contribution in [0.5, 0.6) is 0 Å². The van der Waals surface area contributed by atoms with Gasteiger partial charge in [0.1, 0.15) is 0 Å². The third kappa shape index (κ3) is 7.76. The molecule has 0 rings (SSSR count). The van der Waals surface area contributed by atoms with Crippen molar-refractivity contribution in [1.82, 2.24) is 0 Å². The Morgan fingerprint density at radius 3 is 2.38 bits per heavy atom. The predicted molar refractivity (Wildman–Crippen MR) is 57.4 cm³/mol. The molecule has 0 aromatic heterocycles. The number of hydrogen-bond donors (Lipinski definition) is 0. The molecule has 0 aromatic rings. The summed E-state index contributed by atoms with van der Waals surface area (Å²) in [7, 11) is 0. The minimum Gasteiger partial charge on any atom is -0.286 e. The molecule has 75 valence electrons. The number of rotatable bonds is 8. The van der Waals surface area contributed by atoms with Gasteiger partial charge in [0.15, 0.2) is 0 Å². The van der Waals surface area contributed by atoms with Crippen molar-refractivity contribution in [2.45, 2.75) is 58.8 Å². The van der Waals surface area contributed by atoms with Gasteiger partial charge in [0.05, 0.1) is 0 Å². The van der Waals surface area contributed by atoms with Gasteiger partial charge in [0.25, 0.3) is 0 Å². The molecule has 0 bridgehead atoms. The van der Waals surface area contributed by atoms with Gasteiger partial charge >= 0.3 is 0 Å². The molecule has 13 heavy (non-hydrogen) atoms. The molecule has 0 atom stereocenters. The molecule has 1 nitrogen and oxygen atoms in total. The summed E-state index contributed by atoms with van der Waals surface area (Å²) in [5.41, 5.74) is 1.24. The second-order valence-corrected chi connectivity index (χ2v) is 3.44. The SMILES string of the molecule is CCCCCCCC(=C[C]=O)CC. The normalized spacial score (nSPS) is 11.7. The summed E-state index contributed by atoms with van der Waals surface area (Å²) < 4.78 is 0. The number of carbonyl (C=O) groups excluding carboxylic acids is 1. The fourth-order valence-electron chi connectivity index (χ4n) is 1.39. The first-order valence-electron chi connectivity index (χ1n) is 5.40. The van der Waals surface area contributed by atoms with Crippen molar-refractivity contribution in [3.05, 3.63) is 11.6 Å². The molecule has 0 aliphatic carbocycles. The van der Waals surface area contributed by atoms with Gasteiger partial charge in [-0.15, -0.1) is 0 Å². The maximum atomic E-state index is 10.1. The second-order valence-electron chi connectivity index (χ2n) is 3.44. The van der Waals surface area contributed by atoms with Gasteiger partial charge in [-0.1, -0.05) is 45.1 Å². The van der Waals surface area contributed by atoms with Crippen LogP contribution in [-0.4, -0.2) is 6.29 Å². The third-order valence-electron chi connectivity index (χ3n) is 2.32. The monoisotopic (exact) mass is 181 g/mol. The summed E-state index contributed by atoms with van der Waals surface area (Å²) in [6, 6.07) is 0. The molecule has 0 aliphatic rings. The Hall–Kier alpha value is -0.590. The maximum absolute atomic E-state index is 10.1. The zero-order valence-electron chi connectivity index (χ0n) is 8.94. The quantitative estimate of drug-likeness (QED) is 0.411. The number of allylic oxidation sites excluding steroid dienone is 2. The highest BCUT2D eigenvalue weighted by atomic mass is 16.1. The van der Waals surface area contributed by atoms with E-state index in [0.29, 0.717) is 0 Å². The first-order valence-corrected chi connectivity index (χ1v) is 5.40. The fourth-order valence-corrected chi connectivity index (χ4v) is 1.39. The van der Waals surface area contributed by atoms with Gasteiger partial charge in [-0.3, -0.25) is 4.79 Å². The topological polar surface area (TPSA) is 17.1 Å². The Kier molecular flexibility index (Phi) is 9.07. The van der Waals surface area contributed by atoms with Crippen LogP contribution in [0.2, 0.25) is 0 Å². The smallest absolute Gasteiger partial charge is 0.225 e. The first kappa shape index (κ1) is 12.4. The van der Waals surface area contributed by atoms with Gasteiger partial charge in [-0.05, 0) is 25.3 Å². The van der Waals surface area contributed by atoms with E-state index in [2.05, 4.69) is 13.8 Å². The van der Waals surface area contributed by atoms with Gasteiger partial charge < -0.3 is 0 Å². The molecule has 0 aliphatic heterocycles. The van der Waals surface area contributed by atoms with E-state index in [1.807, 2.05) is 6.29 Å². The van der Waals surface area contributed by atoms with E-state index in [1.165, 1.54) is 37.7 Å². The summed E-state index contributed by atoms with van der Waals surface area (Å²) in [5.74, 6) is 0. The van der Waals surface area contributed by atoms with Crippen molar-refractivity contribution in [3.8, 4) is 0 Å². The van der Waals surface area contributed by atoms with Crippen molar-refractivity contribution in [2.24, 2.45) is 0 Å². The zero-order chi connectivity index (χ0) is 9.94. The Bertz CT molecular complexity index is 147. The fraction of sp³-hybridized carbons (Fsp3) is 0.750. The lowest BCUT2D eigenvalue weighted by Gasteiger charge is -2.02. The molecule has 0 spiro atoms. The summed E-state index contributed by atoms with van der Waals surface area (Å²) in [6.07, 6.45) is 12.0. The summed E-state index contributed by atoms with van der Waals surface area (Å²) >= 11 is 0. The average Bonchev–Trinajstić information content (AvgIpc) is 2.16. The molecule has 0 saturated heterocycles. The molecule has 0 amide bonds. The Labute approximate surface area is 82.2 Å². The van der Waals surface area contributed by atoms with E-state index >= 15 is 0 Å². The third-order valence-corrected chi connectivity index (χ3v) is 2.32. The molecule has 0 heterocycles. The van der Waals surface area contributed by atoms with Crippen LogP contribution in [0.3, 0.4) is 0 Å². The lowest BCUT2D eigenvalue weighted by Crippen LogP contribution is -1.84. The lowest BCUT2D eigenvalue weighted by atomic mass is 10.0. The molecule has 1 radical (unpaired) electrons. The van der Waals surface area contributed by atoms with Crippen LogP contribution in [0.15, 0.2) is 11.6 Å². The van der Waals surface area contributed by atoms with Gasteiger partial charge in [0, 0.05) is 0 Å². The largest absolute Gasteiger partial charge is 0.286 e. The molecule has 0 saturated carbocycles. The molecule has 0 unspecified atom stereocenters. The number of hydrogen-bond acceptors (Lipinski definition) is 1. The highest BCUT2D eigenvalue weighted by molar-refractivity contribution is 5.66. The molecule has 0 aromatic carbocycles. The van der Waals surface area contributed by atoms with E-state index in [4.69, 9.17) is 0 Å². The first-order chi connectivity index (χ1) is 6.35. The van der Waals surface area contributed by atoms with Crippen molar-refractivity contribution in [1.29, 1.82) is 0 Å². The average molecular weight is 181 g/mol. The Morgan fingerprint density at radius 1 is 1.15 bits per heavy atom. The van der Waals surface area contributed by atoms with E-state index < -0.39 is 0 Å². The van der Waals surface area contributed by atoms with Gasteiger partial charge in [-0.25, -0.2) is 0 Å². The highest BCUT2D eigenvalue weighted by Crippen LogP contribution is 2.12. The van der Waals surface area contributed by atoms with E-state index in [9.17, 15) is 4.79 Å². The van der Waals surface area contributed by atoms with E-state index in [-0.39, 0.29) is 0 Å².